The van der Waals surface area contributed by atoms with Crippen LogP contribution in [0.2, 0.25) is 0 Å². The second-order valence-corrected chi connectivity index (χ2v) is 5.98. The van der Waals surface area contributed by atoms with Gasteiger partial charge in [-0.05, 0) is 49.8 Å². The molecule has 3 heteroatoms. The standard InChI is InChI=1S/C14H22BrNO/c1-7(2)6-11(16)12-10(5)13(15)8(3)9(4)14(12)17/h7,11,17H,6,16H2,1-5H3. The summed E-state index contributed by atoms with van der Waals surface area (Å²) < 4.78 is 1.06. The van der Waals surface area contributed by atoms with Gasteiger partial charge in [0.1, 0.15) is 5.75 Å². The molecule has 0 saturated heterocycles. The maximum Gasteiger partial charge on any atom is 0.123 e. The van der Waals surface area contributed by atoms with Crippen LogP contribution in [0.25, 0.3) is 0 Å². The lowest BCUT2D eigenvalue weighted by Gasteiger charge is -2.22. The molecule has 0 fully saturated rings. The molecule has 0 heterocycles. The van der Waals surface area contributed by atoms with Crippen LogP contribution in [0.3, 0.4) is 0 Å². The van der Waals surface area contributed by atoms with E-state index in [9.17, 15) is 5.11 Å². The predicted octanol–water partition coefficient (Wildman–Crippen LogP) is 4.13. The molecule has 0 aromatic heterocycles. The van der Waals surface area contributed by atoms with E-state index in [-0.39, 0.29) is 6.04 Å². The van der Waals surface area contributed by atoms with E-state index in [2.05, 4.69) is 29.8 Å². The first-order chi connectivity index (χ1) is 7.77. The minimum absolute atomic E-state index is 0.106. The first-order valence-corrected chi connectivity index (χ1v) is 6.80. The molecule has 0 bridgehead atoms. The summed E-state index contributed by atoms with van der Waals surface area (Å²) >= 11 is 3.58. The van der Waals surface area contributed by atoms with Crippen LogP contribution < -0.4 is 5.73 Å². The van der Waals surface area contributed by atoms with Crippen LogP contribution in [-0.2, 0) is 0 Å². The van der Waals surface area contributed by atoms with Gasteiger partial charge < -0.3 is 10.8 Å². The monoisotopic (exact) mass is 299 g/mol. The van der Waals surface area contributed by atoms with Gasteiger partial charge in [0.15, 0.2) is 0 Å². The number of halogens is 1. The summed E-state index contributed by atoms with van der Waals surface area (Å²) in [6.45, 7) is 10.2. The van der Waals surface area contributed by atoms with Crippen LogP contribution in [0, 0.1) is 26.7 Å². The normalized spacial score (nSPS) is 13.2. The zero-order valence-electron chi connectivity index (χ0n) is 11.3. The van der Waals surface area contributed by atoms with Crippen molar-refractivity contribution >= 4 is 15.9 Å². The Morgan fingerprint density at radius 3 is 2.12 bits per heavy atom. The van der Waals surface area contributed by atoms with Crippen molar-refractivity contribution in [3.8, 4) is 5.75 Å². The number of aromatic hydroxyl groups is 1. The van der Waals surface area contributed by atoms with Gasteiger partial charge in [0, 0.05) is 16.1 Å². The number of rotatable bonds is 3. The molecule has 1 aromatic carbocycles. The van der Waals surface area contributed by atoms with Crippen molar-refractivity contribution in [1.29, 1.82) is 0 Å². The van der Waals surface area contributed by atoms with Gasteiger partial charge in [-0.15, -0.1) is 0 Å². The molecule has 0 saturated carbocycles. The summed E-state index contributed by atoms with van der Waals surface area (Å²) in [5, 5.41) is 10.3. The molecule has 0 aliphatic rings. The fourth-order valence-corrected chi connectivity index (χ4v) is 2.71. The van der Waals surface area contributed by atoms with Crippen LogP contribution in [0.4, 0.5) is 0 Å². The topological polar surface area (TPSA) is 46.2 Å². The first-order valence-electron chi connectivity index (χ1n) is 6.01. The molecule has 3 N–H and O–H groups in total. The Morgan fingerprint density at radius 2 is 1.65 bits per heavy atom. The van der Waals surface area contributed by atoms with Crippen molar-refractivity contribution in [2.45, 2.75) is 47.1 Å². The molecule has 96 valence electrons. The molecule has 1 rings (SSSR count). The predicted molar refractivity (Wildman–Crippen MR) is 76.4 cm³/mol. The molecule has 1 aromatic rings. The number of phenolic OH excluding ortho intramolecular Hbond substituents is 1. The average molecular weight is 300 g/mol. The van der Waals surface area contributed by atoms with E-state index in [4.69, 9.17) is 5.73 Å². The highest BCUT2D eigenvalue weighted by atomic mass is 79.9. The Bertz CT molecular complexity index is 398. The molecule has 0 aliphatic heterocycles. The van der Waals surface area contributed by atoms with E-state index in [1.54, 1.807) is 0 Å². The van der Waals surface area contributed by atoms with Gasteiger partial charge in [-0.3, -0.25) is 0 Å². The van der Waals surface area contributed by atoms with Gasteiger partial charge >= 0.3 is 0 Å². The molecule has 0 aliphatic carbocycles. The van der Waals surface area contributed by atoms with E-state index in [0.717, 1.165) is 33.1 Å². The Morgan fingerprint density at radius 1 is 1.12 bits per heavy atom. The summed E-state index contributed by atoms with van der Waals surface area (Å²) in [6, 6.07) is -0.106. The minimum atomic E-state index is -0.106. The van der Waals surface area contributed by atoms with Crippen molar-refractivity contribution in [2.24, 2.45) is 11.7 Å². The van der Waals surface area contributed by atoms with Gasteiger partial charge in [-0.1, -0.05) is 29.8 Å². The smallest absolute Gasteiger partial charge is 0.123 e. The third-order valence-corrected chi connectivity index (χ3v) is 4.52. The second kappa shape index (κ2) is 5.40. The van der Waals surface area contributed by atoms with E-state index in [1.807, 2.05) is 20.8 Å². The lowest BCUT2D eigenvalue weighted by Crippen LogP contribution is -2.15. The summed E-state index contributed by atoms with van der Waals surface area (Å²) in [5.41, 5.74) is 10.1. The first kappa shape index (κ1) is 14.5. The van der Waals surface area contributed by atoms with Gasteiger partial charge in [0.05, 0.1) is 0 Å². The third kappa shape index (κ3) is 2.83. The lowest BCUT2D eigenvalue weighted by molar-refractivity contribution is 0.440. The molecule has 1 atom stereocenters. The van der Waals surface area contributed by atoms with E-state index >= 15 is 0 Å². The quantitative estimate of drug-likeness (QED) is 0.882. The second-order valence-electron chi connectivity index (χ2n) is 5.19. The zero-order chi connectivity index (χ0) is 13.3. The van der Waals surface area contributed by atoms with Crippen LogP contribution in [0.1, 0.15) is 48.6 Å². The Balaban J connectivity index is 3.33. The van der Waals surface area contributed by atoms with Crippen molar-refractivity contribution in [2.75, 3.05) is 0 Å². The van der Waals surface area contributed by atoms with Crippen molar-refractivity contribution in [1.82, 2.24) is 0 Å². The Kier molecular flexibility index (Phi) is 4.62. The minimum Gasteiger partial charge on any atom is -0.507 e. The fourth-order valence-electron chi connectivity index (χ4n) is 2.20. The summed E-state index contributed by atoms with van der Waals surface area (Å²) in [6.07, 6.45) is 0.878. The van der Waals surface area contributed by atoms with Crippen LogP contribution in [0.15, 0.2) is 4.47 Å². The molecule has 0 spiro atoms. The average Bonchev–Trinajstić information content (AvgIpc) is 2.23. The molecule has 1 unspecified atom stereocenters. The highest BCUT2D eigenvalue weighted by Crippen LogP contribution is 2.39. The number of phenols is 1. The van der Waals surface area contributed by atoms with Crippen LogP contribution in [0.5, 0.6) is 5.75 Å². The third-order valence-electron chi connectivity index (χ3n) is 3.33. The Hall–Kier alpha value is -0.540. The maximum atomic E-state index is 10.3. The number of hydrogen-bond acceptors (Lipinski definition) is 2. The Labute approximate surface area is 112 Å². The van der Waals surface area contributed by atoms with E-state index in [0.29, 0.717) is 11.7 Å². The van der Waals surface area contributed by atoms with Crippen LogP contribution in [-0.4, -0.2) is 5.11 Å². The molecular weight excluding hydrogens is 278 g/mol. The molecular formula is C14H22BrNO. The van der Waals surface area contributed by atoms with Gasteiger partial charge in [0.2, 0.25) is 0 Å². The SMILES string of the molecule is Cc1c(C)c(Br)c(C)c(C(N)CC(C)C)c1O. The summed E-state index contributed by atoms with van der Waals surface area (Å²) in [4.78, 5) is 0. The number of benzene rings is 1. The summed E-state index contributed by atoms with van der Waals surface area (Å²) in [7, 11) is 0. The largest absolute Gasteiger partial charge is 0.507 e. The van der Waals surface area contributed by atoms with Crippen molar-refractivity contribution in [3.63, 3.8) is 0 Å². The highest BCUT2D eigenvalue weighted by Gasteiger charge is 2.20. The fraction of sp³-hybridized carbons (Fsp3) is 0.571. The van der Waals surface area contributed by atoms with Crippen molar-refractivity contribution in [3.05, 3.63) is 26.7 Å². The van der Waals surface area contributed by atoms with Crippen molar-refractivity contribution < 1.29 is 5.11 Å². The van der Waals surface area contributed by atoms with Gasteiger partial charge in [-0.25, -0.2) is 0 Å². The van der Waals surface area contributed by atoms with Crippen LogP contribution >= 0.6 is 15.9 Å². The van der Waals surface area contributed by atoms with E-state index in [1.165, 1.54) is 0 Å². The maximum absolute atomic E-state index is 10.3. The summed E-state index contributed by atoms with van der Waals surface area (Å²) in [5.74, 6) is 0.875. The van der Waals surface area contributed by atoms with E-state index < -0.39 is 0 Å². The molecule has 17 heavy (non-hydrogen) atoms. The number of nitrogens with two attached hydrogens (primary N) is 1. The molecule has 0 amide bonds. The molecule has 0 radical (unpaired) electrons. The molecule has 2 nitrogen and oxygen atoms in total. The van der Waals surface area contributed by atoms with Gasteiger partial charge in [0.25, 0.3) is 0 Å². The number of hydrogen-bond donors (Lipinski definition) is 2. The lowest BCUT2D eigenvalue weighted by atomic mass is 9.90. The van der Waals surface area contributed by atoms with Gasteiger partial charge in [-0.2, -0.15) is 0 Å². The zero-order valence-corrected chi connectivity index (χ0v) is 12.9. The highest BCUT2D eigenvalue weighted by molar-refractivity contribution is 9.10.